The molecule has 4 N–H and O–H groups in total. The van der Waals surface area contributed by atoms with E-state index < -0.39 is 17.8 Å². The van der Waals surface area contributed by atoms with Gasteiger partial charge in [0.05, 0.1) is 5.56 Å². The number of hydrogen-bond donors (Lipinski definition) is 2. The summed E-state index contributed by atoms with van der Waals surface area (Å²) in [6, 6.07) is 0.0607. The number of rotatable bonds is 2. The molecule has 3 nitrogen and oxygen atoms in total. The van der Waals surface area contributed by atoms with Crippen LogP contribution in [-0.4, -0.2) is 11.5 Å². The summed E-state index contributed by atoms with van der Waals surface area (Å²) in [5.74, 6) is 0. The van der Waals surface area contributed by atoms with Gasteiger partial charge >= 0.3 is 6.18 Å². The molecule has 0 aliphatic rings. The van der Waals surface area contributed by atoms with Gasteiger partial charge in [0.1, 0.15) is 0 Å². The minimum absolute atomic E-state index is 0.0469. The highest BCUT2D eigenvalue weighted by Gasteiger charge is 2.34. The van der Waals surface area contributed by atoms with Crippen molar-refractivity contribution in [3.63, 3.8) is 0 Å². The topological polar surface area (TPSA) is 64.9 Å². The average molecular weight is 205 g/mol. The fourth-order valence-corrected chi connectivity index (χ4v) is 1.09. The van der Waals surface area contributed by atoms with Gasteiger partial charge < -0.3 is 11.5 Å². The highest BCUT2D eigenvalue weighted by Crippen LogP contribution is 2.33. The molecule has 0 fully saturated rings. The van der Waals surface area contributed by atoms with Crippen LogP contribution in [0.2, 0.25) is 0 Å². The molecular weight excluding hydrogens is 195 g/mol. The molecule has 1 atom stereocenters. The molecule has 0 aliphatic carbocycles. The van der Waals surface area contributed by atoms with Crippen LogP contribution in [0.4, 0.5) is 13.2 Å². The molecule has 0 amide bonds. The Bertz CT molecular complexity index is 311. The maximum absolute atomic E-state index is 12.4. The van der Waals surface area contributed by atoms with Gasteiger partial charge in [0.15, 0.2) is 0 Å². The highest BCUT2D eigenvalue weighted by molar-refractivity contribution is 5.29. The van der Waals surface area contributed by atoms with Crippen LogP contribution in [0.3, 0.4) is 0 Å². The summed E-state index contributed by atoms with van der Waals surface area (Å²) >= 11 is 0. The fraction of sp³-hybridized carbons (Fsp3) is 0.375. The van der Waals surface area contributed by atoms with Crippen molar-refractivity contribution >= 4 is 0 Å². The third-order valence-corrected chi connectivity index (χ3v) is 1.81. The number of nitrogens with two attached hydrogens (primary N) is 2. The molecule has 1 rings (SSSR count). The second-order valence-electron chi connectivity index (χ2n) is 2.80. The Labute approximate surface area is 78.9 Å². The summed E-state index contributed by atoms with van der Waals surface area (Å²) in [5, 5.41) is 0. The first-order chi connectivity index (χ1) is 6.46. The average Bonchev–Trinajstić information content (AvgIpc) is 2.15. The molecule has 78 valence electrons. The van der Waals surface area contributed by atoms with Crippen LogP contribution in [0.1, 0.15) is 17.2 Å². The standard InChI is InChI=1S/C8H10F3N3/c9-8(10,11)6-1-2-14-4-5(6)7(13)3-12/h1-2,4,7H,3,12-13H2/t7-/m0/s1. The van der Waals surface area contributed by atoms with Gasteiger partial charge in [-0.25, -0.2) is 0 Å². The SMILES string of the molecule is NC[C@H](N)c1cnccc1C(F)(F)F. The molecule has 0 aliphatic heterocycles. The molecule has 0 bridgehead atoms. The quantitative estimate of drug-likeness (QED) is 0.758. The van der Waals surface area contributed by atoms with Crippen LogP contribution >= 0.6 is 0 Å². The van der Waals surface area contributed by atoms with E-state index in [0.717, 1.165) is 18.5 Å². The third kappa shape index (κ3) is 2.21. The van der Waals surface area contributed by atoms with Crippen molar-refractivity contribution in [3.8, 4) is 0 Å². The van der Waals surface area contributed by atoms with E-state index in [1.54, 1.807) is 0 Å². The lowest BCUT2D eigenvalue weighted by molar-refractivity contribution is -0.138. The molecular formula is C8H10F3N3. The minimum atomic E-state index is -4.41. The number of halogens is 3. The summed E-state index contributed by atoms with van der Waals surface area (Å²) in [7, 11) is 0. The van der Waals surface area contributed by atoms with Crippen molar-refractivity contribution in [2.24, 2.45) is 11.5 Å². The lowest BCUT2D eigenvalue weighted by Crippen LogP contribution is -2.24. The zero-order chi connectivity index (χ0) is 10.8. The number of alkyl halides is 3. The first-order valence-corrected chi connectivity index (χ1v) is 3.93. The Morgan fingerprint density at radius 3 is 2.57 bits per heavy atom. The van der Waals surface area contributed by atoms with E-state index >= 15 is 0 Å². The first kappa shape index (κ1) is 10.9. The summed E-state index contributed by atoms with van der Waals surface area (Å²) in [6.07, 6.45) is -2.24. The molecule has 1 heterocycles. The molecule has 0 radical (unpaired) electrons. The van der Waals surface area contributed by atoms with Crippen molar-refractivity contribution in [1.82, 2.24) is 4.98 Å². The van der Waals surface area contributed by atoms with Gasteiger partial charge in [0, 0.05) is 30.5 Å². The van der Waals surface area contributed by atoms with Gasteiger partial charge in [-0.1, -0.05) is 0 Å². The molecule has 6 heteroatoms. The van der Waals surface area contributed by atoms with E-state index in [0.29, 0.717) is 0 Å². The monoisotopic (exact) mass is 205 g/mol. The van der Waals surface area contributed by atoms with Gasteiger partial charge in [-0.05, 0) is 6.07 Å². The van der Waals surface area contributed by atoms with E-state index in [1.165, 1.54) is 0 Å². The summed E-state index contributed by atoms with van der Waals surface area (Å²) in [5.41, 5.74) is 9.78. The third-order valence-electron chi connectivity index (χ3n) is 1.81. The van der Waals surface area contributed by atoms with Crippen LogP contribution in [0.5, 0.6) is 0 Å². The smallest absolute Gasteiger partial charge is 0.329 e. The van der Waals surface area contributed by atoms with E-state index in [-0.39, 0.29) is 12.1 Å². The van der Waals surface area contributed by atoms with Crippen molar-refractivity contribution in [2.45, 2.75) is 12.2 Å². The Balaban J connectivity index is 3.16. The van der Waals surface area contributed by atoms with Crippen molar-refractivity contribution in [1.29, 1.82) is 0 Å². The van der Waals surface area contributed by atoms with Gasteiger partial charge in [0.2, 0.25) is 0 Å². The molecule has 0 unspecified atom stereocenters. The second-order valence-corrected chi connectivity index (χ2v) is 2.80. The van der Waals surface area contributed by atoms with Crippen molar-refractivity contribution in [2.75, 3.05) is 6.54 Å². The first-order valence-electron chi connectivity index (χ1n) is 3.93. The zero-order valence-electron chi connectivity index (χ0n) is 7.25. The summed E-state index contributed by atoms with van der Waals surface area (Å²) < 4.78 is 37.3. The molecule has 1 aromatic heterocycles. The predicted octanol–water partition coefficient (Wildman–Crippen LogP) is 1.06. The van der Waals surface area contributed by atoms with Crippen molar-refractivity contribution < 1.29 is 13.2 Å². The van der Waals surface area contributed by atoms with E-state index in [1.807, 2.05) is 0 Å². The van der Waals surface area contributed by atoms with Crippen LogP contribution in [-0.2, 0) is 6.18 Å². The molecule has 1 aromatic rings. The van der Waals surface area contributed by atoms with Crippen molar-refractivity contribution in [3.05, 3.63) is 29.6 Å². The zero-order valence-corrected chi connectivity index (χ0v) is 7.25. The molecule has 0 saturated heterocycles. The van der Waals surface area contributed by atoms with E-state index in [4.69, 9.17) is 11.5 Å². The second kappa shape index (κ2) is 3.93. The van der Waals surface area contributed by atoms with Crippen LogP contribution in [0.15, 0.2) is 18.5 Å². The Kier molecular flexibility index (Phi) is 3.07. The van der Waals surface area contributed by atoms with E-state index in [2.05, 4.69) is 4.98 Å². The van der Waals surface area contributed by atoms with Crippen LogP contribution < -0.4 is 11.5 Å². The number of pyridine rings is 1. The van der Waals surface area contributed by atoms with Gasteiger partial charge in [-0.3, -0.25) is 4.98 Å². The highest BCUT2D eigenvalue weighted by atomic mass is 19.4. The van der Waals surface area contributed by atoms with Crippen LogP contribution in [0, 0.1) is 0 Å². The maximum Gasteiger partial charge on any atom is 0.416 e. The van der Waals surface area contributed by atoms with E-state index in [9.17, 15) is 13.2 Å². The minimum Gasteiger partial charge on any atom is -0.329 e. The Morgan fingerprint density at radius 1 is 1.43 bits per heavy atom. The number of nitrogens with zero attached hydrogens (tertiary/aromatic N) is 1. The predicted molar refractivity (Wildman–Crippen MR) is 45.2 cm³/mol. The lowest BCUT2D eigenvalue weighted by atomic mass is 10.0. The molecule has 0 saturated carbocycles. The van der Waals surface area contributed by atoms with Gasteiger partial charge in [-0.15, -0.1) is 0 Å². The largest absolute Gasteiger partial charge is 0.416 e. The fourth-order valence-electron chi connectivity index (χ4n) is 1.09. The number of hydrogen-bond acceptors (Lipinski definition) is 3. The van der Waals surface area contributed by atoms with Crippen LogP contribution in [0.25, 0.3) is 0 Å². The number of aromatic nitrogens is 1. The maximum atomic E-state index is 12.4. The Morgan fingerprint density at radius 2 is 2.07 bits per heavy atom. The summed E-state index contributed by atoms with van der Waals surface area (Å²) in [4.78, 5) is 3.59. The Hall–Kier alpha value is -1.14. The molecule has 0 aromatic carbocycles. The molecule has 0 spiro atoms. The summed E-state index contributed by atoms with van der Waals surface area (Å²) in [6.45, 7) is -0.0469. The molecule has 14 heavy (non-hydrogen) atoms. The van der Waals surface area contributed by atoms with Gasteiger partial charge in [0.25, 0.3) is 0 Å². The normalized spacial score (nSPS) is 14.1. The lowest BCUT2D eigenvalue weighted by Gasteiger charge is -2.15. The van der Waals surface area contributed by atoms with Gasteiger partial charge in [-0.2, -0.15) is 13.2 Å².